The SMILES string of the molecule is CC1C2C(CC3C4CC[C@H]5C[C@@H](O[C@@H]6O[C@H](CO)[C@@H](O[C@@H]7O[C@H](COC(=O)NCc8cccs8)[C@@H](OC(=O)NCc8cccs8)[C@H](O)[C@H]7O)[C@H](O)[C@H]6O)CC[C@]5(C)C4C(=O)C[C@@]32C)O[C@]12CC[C@@H](C)CO2. The van der Waals surface area contributed by atoms with Gasteiger partial charge in [0.25, 0.3) is 0 Å². The van der Waals surface area contributed by atoms with Gasteiger partial charge >= 0.3 is 12.2 Å². The van der Waals surface area contributed by atoms with Gasteiger partial charge in [0, 0.05) is 34.4 Å². The van der Waals surface area contributed by atoms with Gasteiger partial charge in [0.15, 0.2) is 24.5 Å². The van der Waals surface area contributed by atoms with Crippen molar-refractivity contribution in [3.05, 3.63) is 44.8 Å². The molecule has 2 aromatic rings. The second-order valence-corrected chi connectivity index (χ2v) is 24.4. The molecule has 22 atom stereocenters. The molecule has 394 valence electrons. The van der Waals surface area contributed by atoms with E-state index in [0.29, 0.717) is 43.5 Å². The number of hydrogen-bond acceptors (Lipinski definition) is 18. The summed E-state index contributed by atoms with van der Waals surface area (Å²) in [5, 5.41) is 65.3. The van der Waals surface area contributed by atoms with E-state index < -0.39 is 92.6 Å². The number of ether oxygens (including phenoxy) is 8. The van der Waals surface area contributed by atoms with Crippen molar-refractivity contribution >= 4 is 40.6 Å². The molecule has 4 aliphatic heterocycles. The fourth-order valence-corrected chi connectivity index (χ4v) is 16.0. The Kier molecular flexibility index (Phi) is 15.1. The highest BCUT2D eigenvalue weighted by Crippen LogP contribution is 2.70. The number of aliphatic hydroxyl groups is 5. The smallest absolute Gasteiger partial charge is 0.407 e. The van der Waals surface area contributed by atoms with Crippen LogP contribution >= 0.6 is 22.7 Å². The average molecular weight is 1030 g/mol. The maximum atomic E-state index is 14.7. The Hall–Kier alpha value is -2.83. The van der Waals surface area contributed by atoms with Crippen molar-refractivity contribution in [1.29, 1.82) is 0 Å². The van der Waals surface area contributed by atoms with E-state index in [4.69, 9.17) is 37.9 Å². The molecule has 0 radical (unpaired) electrons. The van der Waals surface area contributed by atoms with E-state index in [-0.39, 0.29) is 65.7 Å². The van der Waals surface area contributed by atoms with Crippen LogP contribution in [-0.4, -0.2) is 143 Å². The Balaban J connectivity index is 0.761. The van der Waals surface area contributed by atoms with Crippen molar-refractivity contribution < 1.29 is 77.8 Å². The van der Waals surface area contributed by atoms with E-state index in [0.717, 1.165) is 48.3 Å². The van der Waals surface area contributed by atoms with Crippen molar-refractivity contribution in [2.75, 3.05) is 19.8 Å². The second-order valence-electron chi connectivity index (χ2n) is 22.3. The van der Waals surface area contributed by atoms with Crippen LogP contribution < -0.4 is 10.6 Å². The maximum absolute atomic E-state index is 14.7. The number of nitrogens with one attached hydrogen (secondary N) is 2. The number of ketones is 1. The molecule has 10 rings (SSSR count). The molecule has 8 fully saturated rings. The summed E-state index contributed by atoms with van der Waals surface area (Å²) in [5.41, 5.74) is -0.367. The number of aliphatic hydroxyl groups excluding tert-OH is 5. The fourth-order valence-electron chi connectivity index (χ4n) is 14.7. The summed E-state index contributed by atoms with van der Waals surface area (Å²) in [6.07, 6.45) is -10.6. The van der Waals surface area contributed by atoms with Crippen LogP contribution in [0.25, 0.3) is 0 Å². The normalized spacial score (nSPS) is 46.1. The van der Waals surface area contributed by atoms with Gasteiger partial charge in [-0.25, -0.2) is 9.59 Å². The van der Waals surface area contributed by atoms with Crippen LogP contribution in [0.15, 0.2) is 35.0 Å². The summed E-state index contributed by atoms with van der Waals surface area (Å²) in [7, 11) is 0. The maximum Gasteiger partial charge on any atom is 0.407 e. The highest BCUT2D eigenvalue weighted by Gasteiger charge is 2.71. The zero-order valence-electron chi connectivity index (χ0n) is 40.9. The van der Waals surface area contributed by atoms with Crippen molar-refractivity contribution in [3.63, 3.8) is 0 Å². The lowest BCUT2D eigenvalue weighted by Crippen LogP contribution is -2.65. The third-order valence-electron chi connectivity index (χ3n) is 18.2. The van der Waals surface area contributed by atoms with Crippen molar-refractivity contribution in [3.8, 4) is 0 Å². The topological polar surface area (TPSA) is 250 Å². The number of thiophene rings is 2. The van der Waals surface area contributed by atoms with Gasteiger partial charge in [-0.1, -0.05) is 39.8 Å². The van der Waals surface area contributed by atoms with Gasteiger partial charge in [0.05, 0.1) is 38.5 Å². The number of fused-ring (bicyclic) bond motifs is 7. The number of hydrogen-bond donors (Lipinski definition) is 7. The largest absolute Gasteiger partial charge is 0.447 e. The number of rotatable bonds is 12. The summed E-state index contributed by atoms with van der Waals surface area (Å²) >= 11 is 2.85. The van der Waals surface area contributed by atoms with E-state index >= 15 is 0 Å². The van der Waals surface area contributed by atoms with Crippen LogP contribution in [0, 0.1) is 52.3 Å². The van der Waals surface area contributed by atoms with Gasteiger partial charge in [-0.05, 0) is 108 Å². The molecule has 18 nitrogen and oxygen atoms in total. The highest BCUT2D eigenvalue weighted by molar-refractivity contribution is 7.10. The predicted molar refractivity (Wildman–Crippen MR) is 254 cm³/mol. The second kappa shape index (κ2) is 20.7. The molecule has 0 bridgehead atoms. The summed E-state index contributed by atoms with van der Waals surface area (Å²) in [5.74, 6) is 1.65. The van der Waals surface area contributed by atoms with Crippen LogP contribution in [0.4, 0.5) is 9.59 Å². The van der Waals surface area contributed by atoms with E-state index in [2.05, 4.69) is 38.3 Å². The molecule has 2 aromatic heterocycles. The van der Waals surface area contributed by atoms with E-state index in [1.807, 2.05) is 35.0 Å². The third-order valence-corrected chi connectivity index (χ3v) is 20.0. The number of amides is 2. The number of alkyl carbamates (subject to hydrolysis) is 2. The summed E-state index contributed by atoms with van der Waals surface area (Å²) < 4.78 is 49.0. The average Bonchev–Trinajstić information content (AvgIpc) is 4.17. The molecule has 7 N–H and O–H groups in total. The van der Waals surface area contributed by atoms with Crippen molar-refractivity contribution in [2.45, 2.75) is 178 Å². The predicted octanol–water partition coefficient (Wildman–Crippen LogP) is 4.61. The molecular formula is C51H72N2O16S2. The summed E-state index contributed by atoms with van der Waals surface area (Å²) in [6, 6.07) is 7.31. The van der Waals surface area contributed by atoms with Crippen molar-refractivity contribution in [2.24, 2.45) is 52.3 Å². The Bertz CT molecular complexity index is 2160. The van der Waals surface area contributed by atoms with Crippen LogP contribution in [0.2, 0.25) is 0 Å². The monoisotopic (exact) mass is 1030 g/mol. The van der Waals surface area contributed by atoms with Crippen molar-refractivity contribution in [1.82, 2.24) is 10.6 Å². The first-order valence-corrected chi connectivity index (χ1v) is 27.5. The standard InChI is InChI=1S/C51H72N2O16S2/c1-25-11-14-51(63-23-25)26(2)37-34(69-51)18-32-31-10-9-27-17-28(12-13-49(27,3)38(31)33(55)19-50(32,37)4)64-45-41(58)39(56)43(35(22-54)65-45)67-46-42(59)40(57)44(68-48(61)53-21-30-8-6-16-71-30)36(66-46)24-62-47(60)52-20-29-7-5-15-70-29/h5-8,15-16,25-28,31-32,34-46,54,56-59H,9-14,17-24H2,1-4H3,(H,52,60)(H,53,61)/t25-,26?,27+,28+,31?,32?,34?,35-,36-,37?,38?,39-,40-,41-,42-,43-,44-,45-,46+,49+,50+,51-/m1/s1. The molecule has 0 aromatic carbocycles. The highest BCUT2D eigenvalue weighted by atomic mass is 32.1. The molecule has 8 aliphatic rings. The minimum atomic E-state index is -1.89. The van der Waals surface area contributed by atoms with Crippen LogP contribution in [0.3, 0.4) is 0 Å². The Morgan fingerprint density at radius 3 is 2.14 bits per heavy atom. The Labute approximate surface area is 422 Å². The van der Waals surface area contributed by atoms with Gasteiger partial charge in [0.2, 0.25) is 0 Å². The lowest BCUT2D eigenvalue weighted by atomic mass is 9.44. The lowest BCUT2D eigenvalue weighted by Gasteiger charge is -2.60. The fraction of sp³-hybridized carbons (Fsp3) is 0.784. The Morgan fingerprint density at radius 2 is 1.48 bits per heavy atom. The summed E-state index contributed by atoms with van der Waals surface area (Å²) in [4.78, 5) is 42.0. The molecule has 4 aliphatic carbocycles. The zero-order valence-corrected chi connectivity index (χ0v) is 42.5. The molecule has 1 spiro atoms. The third kappa shape index (κ3) is 9.74. The first kappa shape index (κ1) is 51.6. The van der Waals surface area contributed by atoms with E-state index in [9.17, 15) is 39.9 Å². The molecular weight excluding hydrogens is 961 g/mol. The van der Waals surface area contributed by atoms with Crippen LogP contribution in [0.5, 0.6) is 0 Å². The molecule has 4 saturated heterocycles. The first-order valence-electron chi connectivity index (χ1n) is 25.7. The van der Waals surface area contributed by atoms with Gasteiger partial charge in [0.1, 0.15) is 55.1 Å². The summed E-state index contributed by atoms with van der Waals surface area (Å²) in [6.45, 7) is 8.95. The molecule has 6 heterocycles. The van der Waals surface area contributed by atoms with Crippen LogP contribution in [0.1, 0.15) is 95.2 Å². The molecule has 6 unspecified atom stereocenters. The molecule has 20 heteroatoms. The van der Waals surface area contributed by atoms with E-state index in [1.54, 1.807) is 0 Å². The molecule has 2 amide bonds. The van der Waals surface area contributed by atoms with E-state index in [1.165, 1.54) is 22.7 Å². The van der Waals surface area contributed by atoms with Gasteiger partial charge < -0.3 is 74.1 Å². The van der Waals surface area contributed by atoms with Gasteiger partial charge in [-0.2, -0.15) is 0 Å². The minimum absolute atomic E-state index is 0.0591. The van der Waals surface area contributed by atoms with Gasteiger partial charge in [-0.3, -0.25) is 4.79 Å². The lowest BCUT2D eigenvalue weighted by molar-refractivity contribution is -0.363. The van der Waals surface area contributed by atoms with Gasteiger partial charge in [-0.15, -0.1) is 22.7 Å². The van der Waals surface area contributed by atoms with Crippen LogP contribution in [-0.2, 0) is 55.8 Å². The first-order chi connectivity index (χ1) is 34.0. The number of Topliss-reactive ketones (excluding diaryl/α,β-unsaturated/α-hetero) is 1. The number of carbonyl (C=O) groups excluding carboxylic acids is 3. The number of carbonyl (C=O) groups is 3. The minimum Gasteiger partial charge on any atom is -0.447 e. The quantitative estimate of drug-likeness (QED) is 0.143. The zero-order chi connectivity index (χ0) is 50.0. The molecule has 71 heavy (non-hydrogen) atoms. The Morgan fingerprint density at radius 1 is 0.803 bits per heavy atom. The molecule has 4 saturated carbocycles.